The summed E-state index contributed by atoms with van der Waals surface area (Å²) in [5.41, 5.74) is 2.40. The van der Waals surface area contributed by atoms with Crippen molar-refractivity contribution in [3.05, 3.63) is 30.1 Å². The molecule has 0 bridgehead atoms. The van der Waals surface area contributed by atoms with Crippen molar-refractivity contribution in [2.24, 2.45) is 0 Å². The summed E-state index contributed by atoms with van der Waals surface area (Å²) in [6.07, 6.45) is 6.90. The van der Waals surface area contributed by atoms with Gasteiger partial charge in [0.1, 0.15) is 11.4 Å². The predicted molar refractivity (Wildman–Crippen MR) is 70.7 cm³/mol. The molecular weight excluding hydrogens is 242 g/mol. The number of aromatic amines is 1. The zero-order valence-corrected chi connectivity index (χ0v) is 10.3. The maximum atomic E-state index is 11.6. The fourth-order valence-corrected chi connectivity index (χ4v) is 2.76. The molecule has 96 valence electrons. The van der Waals surface area contributed by atoms with Gasteiger partial charge in [-0.25, -0.2) is 4.98 Å². The summed E-state index contributed by atoms with van der Waals surface area (Å²) >= 11 is 0. The molecule has 0 radical (unpaired) electrons. The summed E-state index contributed by atoms with van der Waals surface area (Å²) in [6, 6.07) is 3.95. The van der Waals surface area contributed by atoms with Crippen LogP contribution in [0.3, 0.4) is 0 Å². The molecular formula is C14H13N3O2. The molecule has 1 spiro atoms. The summed E-state index contributed by atoms with van der Waals surface area (Å²) in [7, 11) is 0. The van der Waals surface area contributed by atoms with Crippen LogP contribution in [0.15, 0.2) is 24.5 Å². The van der Waals surface area contributed by atoms with Crippen LogP contribution in [-0.4, -0.2) is 28.0 Å². The zero-order valence-electron chi connectivity index (χ0n) is 10.3. The van der Waals surface area contributed by atoms with Gasteiger partial charge in [0, 0.05) is 24.6 Å². The molecule has 2 aliphatic heterocycles. The van der Waals surface area contributed by atoms with E-state index in [0.29, 0.717) is 13.0 Å². The number of nitrogens with zero attached hydrogens (tertiary/aromatic N) is 1. The Bertz CT molecular complexity index is 704. The molecule has 1 fully saturated rings. The lowest BCUT2D eigenvalue weighted by molar-refractivity contribution is -0.126. The highest BCUT2D eigenvalue weighted by Crippen LogP contribution is 2.37. The molecule has 1 atom stereocenters. The lowest BCUT2D eigenvalue weighted by atomic mass is 9.88. The number of carbonyl (C=O) groups excluding carboxylic acids is 1. The smallest absolute Gasteiger partial charge is 0.224 e. The van der Waals surface area contributed by atoms with E-state index in [4.69, 9.17) is 4.74 Å². The highest BCUT2D eigenvalue weighted by Gasteiger charge is 2.38. The van der Waals surface area contributed by atoms with Gasteiger partial charge < -0.3 is 15.0 Å². The van der Waals surface area contributed by atoms with Gasteiger partial charge in [-0.3, -0.25) is 4.79 Å². The SMILES string of the molecule is O=C1CC2(C=Cc3cc4[nH]cnc4cc3O2)CCN1. The number of aromatic nitrogens is 2. The number of hydrogen-bond donors (Lipinski definition) is 2. The summed E-state index contributed by atoms with van der Waals surface area (Å²) in [5.74, 6) is 0.844. The molecule has 1 unspecified atom stereocenters. The van der Waals surface area contributed by atoms with E-state index in [0.717, 1.165) is 28.8 Å². The topological polar surface area (TPSA) is 67.0 Å². The molecule has 4 rings (SSSR count). The van der Waals surface area contributed by atoms with Crippen molar-refractivity contribution in [1.82, 2.24) is 15.3 Å². The Hall–Kier alpha value is -2.30. The third kappa shape index (κ3) is 1.62. The Balaban J connectivity index is 1.78. The second-order valence-corrected chi connectivity index (χ2v) is 5.09. The van der Waals surface area contributed by atoms with Crippen molar-refractivity contribution in [3.63, 3.8) is 0 Å². The van der Waals surface area contributed by atoms with E-state index in [1.54, 1.807) is 6.33 Å². The predicted octanol–water partition coefficient (Wildman–Crippen LogP) is 1.62. The second-order valence-electron chi connectivity index (χ2n) is 5.09. The first-order valence-electron chi connectivity index (χ1n) is 6.36. The Labute approximate surface area is 109 Å². The number of piperidine rings is 1. The monoisotopic (exact) mass is 255 g/mol. The molecule has 19 heavy (non-hydrogen) atoms. The number of hydrogen-bond acceptors (Lipinski definition) is 3. The minimum absolute atomic E-state index is 0.0418. The molecule has 1 saturated heterocycles. The van der Waals surface area contributed by atoms with Crippen molar-refractivity contribution in [2.45, 2.75) is 18.4 Å². The number of fused-ring (bicyclic) bond motifs is 2. The summed E-state index contributed by atoms with van der Waals surface area (Å²) in [4.78, 5) is 18.9. The van der Waals surface area contributed by atoms with Crippen LogP contribution < -0.4 is 10.1 Å². The summed E-state index contributed by atoms with van der Waals surface area (Å²) in [6.45, 7) is 0.656. The van der Waals surface area contributed by atoms with E-state index in [9.17, 15) is 4.79 Å². The van der Waals surface area contributed by atoms with Crippen molar-refractivity contribution < 1.29 is 9.53 Å². The van der Waals surface area contributed by atoms with E-state index in [1.807, 2.05) is 24.3 Å². The second kappa shape index (κ2) is 3.60. The number of benzene rings is 1. The third-order valence-electron chi connectivity index (χ3n) is 3.76. The zero-order chi connectivity index (χ0) is 12.9. The molecule has 5 heteroatoms. The molecule has 2 aromatic rings. The van der Waals surface area contributed by atoms with Crippen LogP contribution >= 0.6 is 0 Å². The molecule has 1 amide bonds. The number of rotatable bonds is 0. The highest BCUT2D eigenvalue weighted by molar-refractivity contribution is 5.83. The van der Waals surface area contributed by atoms with E-state index in [2.05, 4.69) is 15.3 Å². The van der Waals surface area contributed by atoms with Gasteiger partial charge in [0.2, 0.25) is 5.91 Å². The molecule has 2 N–H and O–H groups in total. The summed E-state index contributed by atoms with van der Waals surface area (Å²) < 4.78 is 6.11. The van der Waals surface area contributed by atoms with Crippen LogP contribution in [-0.2, 0) is 4.79 Å². The largest absolute Gasteiger partial charge is 0.482 e. The summed E-state index contributed by atoms with van der Waals surface area (Å²) in [5, 5.41) is 2.83. The normalized spacial score (nSPS) is 25.2. The van der Waals surface area contributed by atoms with Crippen LogP contribution in [0.2, 0.25) is 0 Å². The van der Waals surface area contributed by atoms with Crippen molar-refractivity contribution >= 4 is 23.0 Å². The maximum absolute atomic E-state index is 11.6. The lowest BCUT2D eigenvalue weighted by Gasteiger charge is -2.37. The van der Waals surface area contributed by atoms with Gasteiger partial charge >= 0.3 is 0 Å². The number of nitrogens with one attached hydrogen (secondary N) is 2. The standard InChI is InChI=1S/C14H13N3O2/c18-13-7-14(3-4-15-13)2-1-9-5-10-11(17-8-16-10)6-12(9)19-14/h1-2,5-6,8H,3-4,7H2,(H,15,18)(H,16,17). The van der Waals surface area contributed by atoms with Gasteiger partial charge in [-0.05, 0) is 12.1 Å². The Kier molecular flexibility index (Phi) is 2.01. The van der Waals surface area contributed by atoms with Crippen molar-refractivity contribution in [1.29, 1.82) is 0 Å². The van der Waals surface area contributed by atoms with Gasteiger partial charge in [-0.1, -0.05) is 6.08 Å². The minimum Gasteiger partial charge on any atom is -0.482 e. The number of carbonyl (C=O) groups is 1. The first-order chi connectivity index (χ1) is 9.24. The fourth-order valence-electron chi connectivity index (χ4n) is 2.76. The van der Waals surface area contributed by atoms with E-state index >= 15 is 0 Å². The van der Waals surface area contributed by atoms with Gasteiger partial charge in [-0.15, -0.1) is 0 Å². The van der Waals surface area contributed by atoms with Crippen molar-refractivity contribution in [3.8, 4) is 5.75 Å². The quantitative estimate of drug-likeness (QED) is 0.751. The Morgan fingerprint density at radius 3 is 3.21 bits per heavy atom. The average Bonchev–Trinajstić information content (AvgIpc) is 2.83. The molecule has 0 saturated carbocycles. The molecule has 0 aliphatic carbocycles. The molecule has 2 aliphatic rings. The van der Waals surface area contributed by atoms with Crippen LogP contribution in [0.5, 0.6) is 5.75 Å². The Morgan fingerprint density at radius 1 is 1.37 bits per heavy atom. The van der Waals surface area contributed by atoms with Crippen molar-refractivity contribution in [2.75, 3.05) is 6.54 Å². The minimum atomic E-state index is -0.487. The first-order valence-corrected chi connectivity index (χ1v) is 6.36. The highest BCUT2D eigenvalue weighted by atomic mass is 16.5. The number of imidazole rings is 1. The van der Waals surface area contributed by atoms with Gasteiger partial charge in [0.15, 0.2) is 0 Å². The number of ether oxygens (including phenoxy) is 1. The maximum Gasteiger partial charge on any atom is 0.224 e. The third-order valence-corrected chi connectivity index (χ3v) is 3.76. The first kappa shape index (κ1) is 10.6. The molecule has 1 aromatic carbocycles. The van der Waals surface area contributed by atoms with Crippen LogP contribution in [0.25, 0.3) is 17.1 Å². The van der Waals surface area contributed by atoms with Crippen LogP contribution in [0.1, 0.15) is 18.4 Å². The van der Waals surface area contributed by atoms with Crippen LogP contribution in [0, 0.1) is 0 Å². The van der Waals surface area contributed by atoms with E-state index in [-0.39, 0.29) is 5.91 Å². The van der Waals surface area contributed by atoms with E-state index in [1.165, 1.54) is 0 Å². The van der Waals surface area contributed by atoms with Crippen LogP contribution in [0.4, 0.5) is 0 Å². The number of H-pyrrole nitrogens is 1. The number of amides is 1. The van der Waals surface area contributed by atoms with Gasteiger partial charge in [0.05, 0.1) is 23.8 Å². The lowest BCUT2D eigenvalue weighted by Crippen LogP contribution is -2.48. The van der Waals surface area contributed by atoms with Gasteiger partial charge in [0.25, 0.3) is 0 Å². The molecule has 3 heterocycles. The molecule has 1 aromatic heterocycles. The van der Waals surface area contributed by atoms with E-state index < -0.39 is 5.60 Å². The fraction of sp³-hybridized carbons (Fsp3) is 0.286. The Morgan fingerprint density at radius 2 is 2.32 bits per heavy atom. The molecule has 5 nitrogen and oxygen atoms in total. The average molecular weight is 255 g/mol. The van der Waals surface area contributed by atoms with Gasteiger partial charge in [-0.2, -0.15) is 0 Å².